The van der Waals surface area contributed by atoms with Gasteiger partial charge in [0, 0.05) is 28.3 Å². The first-order valence-corrected chi connectivity index (χ1v) is 9.92. The molecule has 0 radical (unpaired) electrons. The van der Waals surface area contributed by atoms with E-state index < -0.39 is 0 Å². The summed E-state index contributed by atoms with van der Waals surface area (Å²) in [4.78, 5) is 0. The summed E-state index contributed by atoms with van der Waals surface area (Å²) in [6, 6.07) is 14.5. The second-order valence-electron chi connectivity index (χ2n) is 7.49. The van der Waals surface area contributed by atoms with E-state index in [-0.39, 0.29) is 11.2 Å². The summed E-state index contributed by atoms with van der Waals surface area (Å²) in [5, 5.41) is 1.35. The number of ether oxygens (including phenoxy) is 2. The van der Waals surface area contributed by atoms with Crippen molar-refractivity contribution in [3.63, 3.8) is 0 Å². The van der Waals surface area contributed by atoms with Gasteiger partial charge in [0.2, 0.25) is 0 Å². The van der Waals surface area contributed by atoms with E-state index in [1.165, 1.54) is 16.7 Å². The molecule has 1 heterocycles. The minimum atomic E-state index is -0.375. The van der Waals surface area contributed by atoms with Gasteiger partial charge in [0.1, 0.15) is 0 Å². The SMILES string of the molecule is Clc1cc(Cl)cc(C2=Cc3ccccc3C23CCC2(CC3)OCCO2)c1. The van der Waals surface area contributed by atoms with Crippen LogP contribution in [-0.4, -0.2) is 19.0 Å². The van der Waals surface area contributed by atoms with Crippen molar-refractivity contribution in [1.29, 1.82) is 0 Å². The topological polar surface area (TPSA) is 18.5 Å². The van der Waals surface area contributed by atoms with Crippen molar-refractivity contribution < 1.29 is 9.47 Å². The van der Waals surface area contributed by atoms with Gasteiger partial charge >= 0.3 is 0 Å². The molecule has 0 aromatic heterocycles. The largest absolute Gasteiger partial charge is 0.348 e. The molecule has 4 heteroatoms. The molecule has 1 saturated carbocycles. The molecule has 1 saturated heterocycles. The van der Waals surface area contributed by atoms with Crippen LogP contribution in [0.25, 0.3) is 11.6 Å². The average molecular weight is 387 g/mol. The minimum Gasteiger partial charge on any atom is -0.348 e. The van der Waals surface area contributed by atoms with Crippen LogP contribution in [0.1, 0.15) is 42.4 Å². The maximum absolute atomic E-state index is 6.31. The summed E-state index contributed by atoms with van der Waals surface area (Å²) in [6.45, 7) is 1.41. The van der Waals surface area contributed by atoms with E-state index in [4.69, 9.17) is 32.7 Å². The van der Waals surface area contributed by atoms with Crippen molar-refractivity contribution >= 4 is 34.9 Å². The van der Waals surface area contributed by atoms with E-state index in [0.717, 1.165) is 31.2 Å². The van der Waals surface area contributed by atoms with Crippen molar-refractivity contribution in [3.8, 4) is 0 Å². The number of hydrogen-bond acceptors (Lipinski definition) is 2. The van der Waals surface area contributed by atoms with E-state index >= 15 is 0 Å². The van der Waals surface area contributed by atoms with Gasteiger partial charge in [-0.3, -0.25) is 0 Å². The Balaban J connectivity index is 1.60. The summed E-state index contributed by atoms with van der Waals surface area (Å²) >= 11 is 12.6. The molecule has 2 aliphatic carbocycles. The van der Waals surface area contributed by atoms with Gasteiger partial charge in [-0.25, -0.2) is 0 Å². The first kappa shape index (κ1) is 16.8. The summed E-state index contributed by atoms with van der Waals surface area (Å²) in [5.74, 6) is -0.375. The summed E-state index contributed by atoms with van der Waals surface area (Å²) in [7, 11) is 0. The van der Waals surface area contributed by atoms with Gasteiger partial charge < -0.3 is 9.47 Å². The van der Waals surface area contributed by atoms with Gasteiger partial charge in [-0.05, 0) is 59.4 Å². The van der Waals surface area contributed by atoms with Gasteiger partial charge in [0.05, 0.1) is 13.2 Å². The number of hydrogen-bond donors (Lipinski definition) is 0. The molecule has 0 atom stereocenters. The predicted octanol–water partition coefficient (Wildman–Crippen LogP) is 6.10. The van der Waals surface area contributed by atoms with Crippen LogP contribution < -0.4 is 0 Å². The summed E-state index contributed by atoms with van der Waals surface area (Å²) < 4.78 is 11.9. The Labute approximate surface area is 163 Å². The van der Waals surface area contributed by atoms with Crippen LogP contribution in [0.15, 0.2) is 42.5 Å². The molecular weight excluding hydrogens is 367 g/mol. The van der Waals surface area contributed by atoms with E-state index in [2.05, 4.69) is 30.3 Å². The van der Waals surface area contributed by atoms with Gasteiger partial charge in [-0.15, -0.1) is 0 Å². The molecule has 2 nitrogen and oxygen atoms in total. The van der Waals surface area contributed by atoms with E-state index in [9.17, 15) is 0 Å². The van der Waals surface area contributed by atoms with Crippen LogP contribution in [0.5, 0.6) is 0 Å². The minimum absolute atomic E-state index is 0.0227. The number of allylic oxidation sites excluding steroid dienone is 1. The lowest BCUT2D eigenvalue weighted by atomic mass is 9.64. The number of benzene rings is 2. The molecule has 0 bridgehead atoms. The standard InChI is InChI=1S/C22H20Cl2O2/c23-17-11-16(12-18(24)14-17)20-13-15-3-1-2-4-19(15)21(20)5-7-22(8-6-21)25-9-10-26-22/h1-4,11-14H,5-10H2. The van der Waals surface area contributed by atoms with E-state index in [1.54, 1.807) is 6.07 Å². The normalized spacial score (nSPS) is 22.6. The molecular formula is C22H20Cl2O2. The third-order valence-electron chi connectivity index (χ3n) is 6.14. The van der Waals surface area contributed by atoms with Gasteiger partial charge in [0.25, 0.3) is 0 Å². The third kappa shape index (κ3) is 2.55. The number of halogens is 2. The lowest BCUT2D eigenvalue weighted by Crippen LogP contribution is -2.42. The number of fused-ring (bicyclic) bond motifs is 2. The van der Waals surface area contributed by atoms with Crippen molar-refractivity contribution in [2.45, 2.75) is 36.9 Å². The zero-order valence-corrected chi connectivity index (χ0v) is 15.9. The van der Waals surface area contributed by atoms with Gasteiger partial charge in [-0.2, -0.15) is 0 Å². The highest BCUT2D eigenvalue weighted by Gasteiger charge is 2.50. The molecule has 0 amide bonds. The van der Waals surface area contributed by atoms with E-state index in [0.29, 0.717) is 23.3 Å². The second kappa shape index (κ2) is 6.10. The second-order valence-corrected chi connectivity index (χ2v) is 8.37. The average Bonchev–Trinajstić information content (AvgIpc) is 3.21. The van der Waals surface area contributed by atoms with Crippen LogP contribution >= 0.6 is 23.2 Å². The molecule has 3 aliphatic rings. The Morgan fingerprint density at radius 1 is 0.808 bits per heavy atom. The first-order chi connectivity index (χ1) is 12.6. The molecule has 2 fully saturated rings. The van der Waals surface area contributed by atoms with Gasteiger partial charge in [0.15, 0.2) is 5.79 Å². The van der Waals surface area contributed by atoms with Crippen LogP contribution in [0.4, 0.5) is 0 Å². The van der Waals surface area contributed by atoms with Crippen LogP contribution in [0, 0.1) is 0 Å². The van der Waals surface area contributed by atoms with Crippen molar-refractivity contribution in [1.82, 2.24) is 0 Å². The Bertz CT molecular complexity index is 867. The summed E-state index contributed by atoms with van der Waals surface area (Å²) in [6.07, 6.45) is 6.13. The maximum Gasteiger partial charge on any atom is 0.168 e. The quantitative estimate of drug-likeness (QED) is 0.588. The molecule has 0 unspecified atom stereocenters. The Hall–Kier alpha value is -1.32. The lowest BCUT2D eigenvalue weighted by Gasteiger charge is -2.44. The van der Waals surface area contributed by atoms with Crippen molar-refractivity contribution in [3.05, 3.63) is 69.2 Å². The highest BCUT2D eigenvalue weighted by atomic mass is 35.5. The molecule has 134 valence electrons. The fourth-order valence-electron chi connectivity index (χ4n) is 4.95. The molecule has 0 N–H and O–H groups in total. The van der Waals surface area contributed by atoms with Crippen LogP contribution in [0.3, 0.4) is 0 Å². The number of rotatable bonds is 1. The Morgan fingerprint density at radius 3 is 2.15 bits per heavy atom. The highest BCUT2D eigenvalue weighted by Crippen LogP contribution is 2.57. The fraction of sp³-hybridized carbons (Fsp3) is 0.364. The van der Waals surface area contributed by atoms with Crippen molar-refractivity contribution in [2.75, 3.05) is 13.2 Å². The lowest BCUT2D eigenvalue weighted by molar-refractivity contribution is -0.182. The molecule has 2 spiro atoms. The summed E-state index contributed by atoms with van der Waals surface area (Å²) in [5.41, 5.74) is 5.10. The predicted molar refractivity (Wildman–Crippen MR) is 106 cm³/mol. The smallest absolute Gasteiger partial charge is 0.168 e. The zero-order chi connectivity index (χ0) is 17.8. The molecule has 1 aliphatic heterocycles. The molecule has 26 heavy (non-hydrogen) atoms. The molecule has 2 aromatic rings. The van der Waals surface area contributed by atoms with E-state index in [1.807, 2.05) is 12.1 Å². The maximum atomic E-state index is 6.31. The third-order valence-corrected chi connectivity index (χ3v) is 6.58. The molecule has 5 rings (SSSR count). The van der Waals surface area contributed by atoms with Crippen molar-refractivity contribution in [2.24, 2.45) is 0 Å². The van der Waals surface area contributed by atoms with Crippen LogP contribution in [-0.2, 0) is 14.9 Å². The Morgan fingerprint density at radius 2 is 1.46 bits per heavy atom. The Kier molecular flexibility index (Phi) is 3.95. The highest BCUT2D eigenvalue weighted by molar-refractivity contribution is 6.35. The zero-order valence-electron chi connectivity index (χ0n) is 14.4. The van der Waals surface area contributed by atoms with Gasteiger partial charge in [-0.1, -0.05) is 47.5 Å². The monoisotopic (exact) mass is 386 g/mol. The first-order valence-electron chi connectivity index (χ1n) is 9.16. The van der Waals surface area contributed by atoms with Crippen LogP contribution in [0.2, 0.25) is 10.0 Å². The molecule has 2 aromatic carbocycles. The fourth-order valence-corrected chi connectivity index (χ4v) is 5.47.